The molecule has 3 amide bonds. The van der Waals surface area contributed by atoms with Crippen LogP contribution in [0.25, 0.3) is 0 Å². The van der Waals surface area contributed by atoms with Crippen LogP contribution in [0.5, 0.6) is 0 Å². The molecule has 0 saturated carbocycles. The monoisotopic (exact) mass is 395 g/mol. The largest absolute Gasteiger partial charge is 0.326 e. The molecule has 3 aromatic rings. The summed E-state index contributed by atoms with van der Waals surface area (Å²) >= 11 is 1.36. The topological polar surface area (TPSA) is 127 Å². The molecule has 0 bridgehead atoms. The first kappa shape index (κ1) is 19.0. The maximum Gasteiger partial charge on any atom is 0.326 e. The van der Waals surface area contributed by atoms with Crippen LogP contribution >= 0.6 is 11.8 Å². The lowest BCUT2D eigenvalue weighted by atomic mass is 10.1. The summed E-state index contributed by atoms with van der Waals surface area (Å²) in [6.45, 7) is 0. The van der Waals surface area contributed by atoms with Crippen LogP contribution < -0.4 is 10.6 Å². The molecule has 0 fully saturated rings. The molecule has 1 heterocycles. The van der Waals surface area contributed by atoms with Gasteiger partial charge in [0.2, 0.25) is 0 Å². The molecule has 0 aliphatic carbocycles. The predicted octanol–water partition coefficient (Wildman–Crippen LogP) is 3.50. The molecule has 1 aromatic heterocycles. The van der Waals surface area contributed by atoms with E-state index in [1.54, 1.807) is 42.7 Å². The lowest BCUT2D eigenvalue weighted by molar-refractivity contribution is -0.385. The number of hydrogen-bond acceptors (Lipinski definition) is 7. The van der Waals surface area contributed by atoms with Crippen LogP contribution in [0.4, 0.5) is 16.2 Å². The highest BCUT2D eigenvalue weighted by atomic mass is 32.2. The smallest absolute Gasteiger partial charge is 0.308 e. The lowest BCUT2D eigenvalue weighted by Crippen LogP contribution is -2.34. The Kier molecular flexibility index (Phi) is 5.92. The van der Waals surface area contributed by atoms with Crippen molar-refractivity contribution in [3.8, 4) is 0 Å². The molecule has 0 radical (unpaired) electrons. The maximum absolute atomic E-state index is 12.1. The number of carbonyl (C=O) groups is 2. The van der Waals surface area contributed by atoms with Crippen molar-refractivity contribution < 1.29 is 14.5 Å². The van der Waals surface area contributed by atoms with E-state index in [0.29, 0.717) is 10.8 Å². The number of rotatable bonds is 5. The van der Waals surface area contributed by atoms with Gasteiger partial charge in [-0.15, -0.1) is 0 Å². The van der Waals surface area contributed by atoms with E-state index >= 15 is 0 Å². The summed E-state index contributed by atoms with van der Waals surface area (Å²) in [6.07, 6.45) is 3.29. The van der Waals surface area contributed by atoms with Gasteiger partial charge in [0.25, 0.3) is 11.6 Å². The Morgan fingerprint density at radius 1 is 0.964 bits per heavy atom. The van der Waals surface area contributed by atoms with E-state index in [4.69, 9.17) is 0 Å². The Labute approximate surface area is 163 Å². The minimum Gasteiger partial charge on any atom is -0.308 e. The fraction of sp³-hybridized carbons (Fsp3) is 0. The van der Waals surface area contributed by atoms with Crippen molar-refractivity contribution in [2.45, 2.75) is 10.1 Å². The number of para-hydroxylation sites is 1. The van der Waals surface area contributed by atoms with Crippen LogP contribution in [-0.2, 0) is 0 Å². The van der Waals surface area contributed by atoms with Gasteiger partial charge >= 0.3 is 6.03 Å². The van der Waals surface area contributed by atoms with Gasteiger partial charge in [-0.2, -0.15) is 0 Å². The van der Waals surface area contributed by atoms with Crippen LogP contribution in [0.3, 0.4) is 0 Å². The summed E-state index contributed by atoms with van der Waals surface area (Å²) in [5.74, 6) is -0.863. The number of benzene rings is 2. The Morgan fingerprint density at radius 2 is 1.64 bits per heavy atom. The van der Waals surface area contributed by atoms with E-state index in [-0.39, 0.29) is 11.3 Å². The molecule has 0 saturated heterocycles. The van der Waals surface area contributed by atoms with Crippen LogP contribution in [-0.4, -0.2) is 26.8 Å². The molecule has 2 aromatic carbocycles. The minimum absolute atomic E-state index is 0.197. The van der Waals surface area contributed by atoms with E-state index in [2.05, 4.69) is 20.6 Å². The Hall–Kier alpha value is -3.79. The number of anilines is 1. The molecule has 0 spiro atoms. The fourth-order valence-electron chi connectivity index (χ4n) is 2.21. The highest BCUT2D eigenvalue weighted by Crippen LogP contribution is 2.25. The van der Waals surface area contributed by atoms with Crippen LogP contribution in [0.15, 0.2) is 77.0 Å². The molecule has 28 heavy (non-hydrogen) atoms. The van der Waals surface area contributed by atoms with E-state index in [0.717, 1.165) is 4.90 Å². The van der Waals surface area contributed by atoms with E-state index in [1.165, 1.54) is 36.0 Å². The predicted molar refractivity (Wildman–Crippen MR) is 102 cm³/mol. The molecule has 0 aliphatic heterocycles. The number of nitro groups is 1. The second kappa shape index (κ2) is 8.73. The number of amides is 3. The number of aromatic nitrogens is 2. The van der Waals surface area contributed by atoms with Gasteiger partial charge in [-0.1, -0.05) is 12.1 Å². The van der Waals surface area contributed by atoms with Crippen molar-refractivity contribution in [3.05, 3.63) is 82.7 Å². The summed E-state index contributed by atoms with van der Waals surface area (Å²) in [7, 11) is 0. The molecule has 0 atom stereocenters. The fourth-order valence-corrected chi connectivity index (χ4v) is 2.92. The van der Waals surface area contributed by atoms with Crippen molar-refractivity contribution in [3.63, 3.8) is 0 Å². The first-order valence-corrected chi connectivity index (χ1v) is 8.75. The number of nitro benzene ring substituents is 1. The molecular formula is C18H13N5O4S. The molecule has 9 nitrogen and oxygen atoms in total. The van der Waals surface area contributed by atoms with E-state index < -0.39 is 16.9 Å². The third kappa shape index (κ3) is 4.89. The SMILES string of the molecule is O=C(NC(=O)c1ccccc1[N+](=O)[O-])Nc1ccc(Sc2ncccn2)cc1. The highest BCUT2D eigenvalue weighted by molar-refractivity contribution is 7.99. The molecule has 3 rings (SSSR count). The van der Waals surface area contributed by atoms with Gasteiger partial charge in [-0.3, -0.25) is 20.2 Å². The van der Waals surface area contributed by atoms with E-state index in [1.807, 2.05) is 0 Å². The number of imide groups is 1. The molecule has 0 aliphatic rings. The third-order valence-corrected chi connectivity index (χ3v) is 4.34. The zero-order valence-electron chi connectivity index (χ0n) is 14.2. The molecule has 2 N–H and O–H groups in total. The Bertz CT molecular complexity index is 1010. The second-order valence-corrected chi connectivity index (χ2v) is 6.38. The van der Waals surface area contributed by atoms with Gasteiger partial charge < -0.3 is 5.32 Å². The van der Waals surface area contributed by atoms with Gasteiger partial charge in [0.05, 0.1) is 4.92 Å². The van der Waals surface area contributed by atoms with Gasteiger partial charge in [-0.25, -0.2) is 14.8 Å². The van der Waals surface area contributed by atoms with Gasteiger partial charge in [0, 0.05) is 29.0 Å². The van der Waals surface area contributed by atoms with Gasteiger partial charge in [-0.05, 0) is 48.2 Å². The standard InChI is InChI=1S/C18H13N5O4S/c24-16(14-4-1-2-5-15(14)23(26)27)22-17(25)21-12-6-8-13(9-7-12)28-18-19-10-3-11-20-18/h1-11H,(H2,21,22,24,25). The van der Waals surface area contributed by atoms with Crippen molar-refractivity contribution in [1.29, 1.82) is 0 Å². The highest BCUT2D eigenvalue weighted by Gasteiger charge is 2.20. The maximum atomic E-state index is 12.1. The van der Waals surface area contributed by atoms with Crippen LogP contribution in [0.2, 0.25) is 0 Å². The number of carbonyl (C=O) groups excluding carboxylic acids is 2. The Balaban J connectivity index is 1.60. The minimum atomic E-state index is -0.863. The zero-order valence-corrected chi connectivity index (χ0v) is 15.1. The number of nitrogens with zero attached hydrogens (tertiary/aromatic N) is 3. The third-order valence-electron chi connectivity index (χ3n) is 3.44. The molecule has 10 heteroatoms. The average Bonchev–Trinajstić information content (AvgIpc) is 2.70. The zero-order chi connectivity index (χ0) is 19.9. The summed E-state index contributed by atoms with van der Waals surface area (Å²) in [4.78, 5) is 43.5. The molecule has 0 unspecified atom stereocenters. The quantitative estimate of drug-likeness (QED) is 0.384. The summed E-state index contributed by atoms with van der Waals surface area (Å²) < 4.78 is 0. The normalized spacial score (nSPS) is 10.1. The summed E-state index contributed by atoms with van der Waals surface area (Å²) in [5, 5.41) is 16.2. The van der Waals surface area contributed by atoms with Crippen molar-refractivity contribution in [1.82, 2.24) is 15.3 Å². The number of hydrogen-bond donors (Lipinski definition) is 2. The first-order chi connectivity index (χ1) is 13.5. The first-order valence-electron chi connectivity index (χ1n) is 7.93. The van der Waals surface area contributed by atoms with Gasteiger partial charge in [0.1, 0.15) is 5.56 Å². The average molecular weight is 395 g/mol. The van der Waals surface area contributed by atoms with Crippen molar-refractivity contribution >= 4 is 35.1 Å². The van der Waals surface area contributed by atoms with Gasteiger partial charge in [0.15, 0.2) is 5.16 Å². The van der Waals surface area contributed by atoms with E-state index in [9.17, 15) is 19.7 Å². The lowest BCUT2D eigenvalue weighted by Gasteiger charge is -2.08. The number of urea groups is 1. The van der Waals surface area contributed by atoms with Crippen LogP contribution in [0.1, 0.15) is 10.4 Å². The summed E-state index contributed by atoms with van der Waals surface area (Å²) in [5.41, 5.74) is -0.124. The van der Waals surface area contributed by atoms with Crippen LogP contribution in [0, 0.1) is 10.1 Å². The van der Waals surface area contributed by atoms with Crippen molar-refractivity contribution in [2.75, 3.05) is 5.32 Å². The second-order valence-electron chi connectivity index (χ2n) is 5.34. The number of nitrogens with one attached hydrogen (secondary N) is 2. The molecule has 140 valence electrons. The summed E-state index contributed by atoms with van der Waals surface area (Å²) in [6, 6.07) is 13.2. The Morgan fingerprint density at radius 3 is 2.32 bits per heavy atom. The molecular weight excluding hydrogens is 382 g/mol. The van der Waals surface area contributed by atoms with Crippen molar-refractivity contribution in [2.24, 2.45) is 0 Å².